The van der Waals surface area contributed by atoms with Crippen molar-refractivity contribution in [2.45, 2.75) is 19.3 Å². The van der Waals surface area contributed by atoms with Crippen molar-refractivity contribution >= 4 is 14.5 Å². The Morgan fingerprint density at radius 3 is 2.64 bits per heavy atom. The zero-order valence-corrected chi connectivity index (χ0v) is 7.46. The van der Waals surface area contributed by atoms with Gasteiger partial charge < -0.3 is 5.11 Å². The molecule has 0 spiro atoms. The first kappa shape index (κ1) is 7.12. The van der Waals surface area contributed by atoms with Crippen molar-refractivity contribution < 1.29 is 5.11 Å². The Labute approximate surface area is 68.6 Å². The van der Waals surface area contributed by atoms with E-state index >= 15 is 0 Å². The molecule has 0 heterocycles. The number of benzene rings is 1. The lowest BCUT2D eigenvalue weighted by Gasteiger charge is -2.04. The highest BCUT2D eigenvalue weighted by Crippen LogP contribution is 2.28. The first-order valence-corrected chi connectivity index (χ1v) is 4.46. The van der Waals surface area contributed by atoms with Gasteiger partial charge in [0, 0.05) is 0 Å². The summed E-state index contributed by atoms with van der Waals surface area (Å²) in [6.07, 6.45) is 3.36. The minimum Gasteiger partial charge on any atom is -0.508 e. The van der Waals surface area contributed by atoms with Gasteiger partial charge in [-0.3, -0.25) is 0 Å². The van der Waals surface area contributed by atoms with Crippen LogP contribution in [0.3, 0.4) is 0 Å². The van der Waals surface area contributed by atoms with Crippen molar-refractivity contribution in [2.75, 3.05) is 0 Å². The smallest absolute Gasteiger partial charge is 0.119 e. The molecule has 2 rings (SSSR count). The van der Waals surface area contributed by atoms with Gasteiger partial charge in [-0.2, -0.15) is 0 Å². The highest BCUT2D eigenvalue weighted by Gasteiger charge is 2.15. The Hall–Kier alpha value is -0.550. The molecule has 1 aromatic rings. The monoisotopic (exact) mass is 166 g/mol. The first-order chi connectivity index (χ1) is 5.29. The third kappa shape index (κ3) is 1.04. The quantitative estimate of drug-likeness (QED) is 0.577. The third-order valence-electron chi connectivity index (χ3n) is 2.30. The number of hydrogen-bond acceptors (Lipinski definition) is 1. The fraction of sp³-hybridized carbons (Fsp3) is 0.333. The van der Waals surface area contributed by atoms with E-state index in [1.807, 2.05) is 6.07 Å². The summed E-state index contributed by atoms with van der Waals surface area (Å²) in [6.45, 7) is 0. The standard InChI is InChI=1S/C9H11OP/c10-8-4-5-9(11)7-3-1-2-6(7)8/h4-5,10H,1-3,11H2. The molecule has 1 atom stereocenters. The van der Waals surface area contributed by atoms with E-state index in [9.17, 15) is 5.11 Å². The van der Waals surface area contributed by atoms with Gasteiger partial charge in [-0.25, -0.2) is 0 Å². The number of aromatic hydroxyl groups is 1. The van der Waals surface area contributed by atoms with Gasteiger partial charge in [0.2, 0.25) is 0 Å². The Balaban J connectivity index is 2.64. The molecule has 0 amide bonds. The van der Waals surface area contributed by atoms with E-state index in [1.165, 1.54) is 17.3 Å². The van der Waals surface area contributed by atoms with Gasteiger partial charge >= 0.3 is 0 Å². The Morgan fingerprint density at radius 1 is 1.18 bits per heavy atom. The largest absolute Gasteiger partial charge is 0.508 e. The van der Waals surface area contributed by atoms with Crippen LogP contribution in [0, 0.1) is 0 Å². The van der Waals surface area contributed by atoms with Gasteiger partial charge in [0.05, 0.1) is 0 Å². The summed E-state index contributed by atoms with van der Waals surface area (Å²) < 4.78 is 0. The van der Waals surface area contributed by atoms with E-state index < -0.39 is 0 Å². The van der Waals surface area contributed by atoms with Gasteiger partial charge in [-0.05, 0) is 41.8 Å². The van der Waals surface area contributed by atoms with Crippen molar-refractivity contribution in [1.82, 2.24) is 0 Å². The molecule has 1 aliphatic carbocycles. The summed E-state index contributed by atoms with van der Waals surface area (Å²) >= 11 is 0. The summed E-state index contributed by atoms with van der Waals surface area (Å²) in [6, 6.07) is 3.75. The minimum absolute atomic E-state index is 0.476. The zero-order chi connectivity index (χ0) is 7.84. The van der Waals surface area contributed by atoms with Gasteiger partial charge in [0.1, 0.15) is 5.75 Å². The van der Waals surface area contributed by atoms with E-state index in [0.29, 0.717) is 5.75 Å². The van der Waals surface area contributed by atoms with Crippen molar-refractivity contribution in [3.63, 3.8) is 0 Å². The SMILES string of the molecule is Oc1ccc(P)c2c1CCC2. The van der Waals surface area contributed by atoms with Crippen LogP contribution in [0.4, 0.5) is 0 Å². The first-order valence-electron chi connectivity index (χ1n) is 3.88. The molecule has 0 aliphatic heterocycles. The lowest BCUT2D eigenvalue weighted by atomic mass is 10.1. The molecule has 1 aliphatic rings. The fourth-order valence-corrected chi connectivity index (χ4v) is 2.13. The van der Waals surface area contributed by atoms with Crippen molar-refractivity contribution in [2.24, 2.45) is 0 Å². The maximum atomic E-state index is 9.45. The maximum Gasteiger partial charge on any atom is 0.119 e. The molecule has 0 radical (unpaired) electrons. The molecule has 1 nitrogen and oxygen atoms in total. The highest BCUT2D eigenvalue weighted by atomic mass is 31.0. The molecular weight excluding hydrogens is 155 g/mol. The summed E-state index contributed by atoms with van der Waals surface area (Å²) in [5.41, 5.74) is 2.51. The van der Waals surface area contributed by atoms with Crippen LogP contribution in [0.15, 0.2) is 12.1 Å². The second-order valence-corrected chi connectivity index (χ2v) is 3.61. The van der Waals surface area contributed by atoms with Crippen LogP contribution in [0.5, 0.6) is 5.75 Å². The van der Waals surface area contributed by atoms with Gasteiger partial charge in [-0.1, -0.05) is 6.07 Å². The van der Waals surface area contributed by atoms with Gasteiger partial charge in [-0.15, -0.1) is 9.24 Å². The number of fused-ring (bicyclic) bond motifs is 1. The lowest BCUT2D eigenvalue weighted by molar-refractivity contribution is 0.469. The van der Waals surface area contributed by atoms with E-state index in [4.69, 9.17) is 0 Å². The molecule has 0 fully saturated rings. The third-order valence-corrected chi connectivity index (χ3v) is 2.84. The Bertz CT molecular complexity index is 265. The second-order valence-electron chi connectivity index (χ2n) is 2.98. The molecule has 11 heavy (non-hydrogen) atoms. The summed E-state index contributed by atoms with van der Waals surface area (Å²) in [7, 11) is 2.72. The van der Waals surface area contributed by atoms with E-state index in [-0.39, 0.29) is 0 Å². The van der Waals surface area contributed by atoms with Crippen LogP contribution in [-0.2, 0) is 12.8 Å². The summed E-state index contributed by atoms with van der Waals surface area (Å²) in [5.74, 6) is 0.476. The molecule has 58 valence electrons. The molecule has 1 N–H and O–H groups in total. The zero-order valence-electron chi connectivity index (χ0n) is 6.30. The number of phenols is 1. The van der Waals surface area contributed by atoms with Gasteiger partial charge in [0.25, 0.3) is 0 Å². The van der Waals surface area contributed by atoms with E-state index in [0.717, 1.165) is 18.4 Å². The van der Waals surface area contributed by atoms with Crippen LogP contribution in [-0.4, -0.2) is 5.11 Å². The van der Waals surface area contributed by atoms with E-state index in [1.54, 1.807) is 6.07 Å². The summed E-state index contributed by atoms with van der Waals surface area (Å²) in [4.78, 5) is 0. The van der Waals surface area contributed by atoms with Crippen LogP contribution in [0.1, 0.15) is 17.5 Å². The molecule has 0 bridgehead atoms. The van der Waals surface area contributed by atoms with Crippen LogP contribution in [0.2, 0.25) is 0 Å². The number of rotatable bonds is 0. The topological polar surface area (TPSA) is 20.2 Å². The minimum atomic E-state index is 0.476. The maximum absolute atomic E-state index is 9.45. The lowest BCUT2D eigenvalue weighted by Crippen LogP contribution is -1.99. The molecule has 0 saturated carbocycles. The second kappa shape index (κ2) is 2.49. The van der Waals surface area contributed by atoms with Gasteiger partial charge in [0.15, 0.2) is 0 Å². The van der Waals surface area contributed by atoms with Crippen LogP contribution >= 0.6 is 9.24 Å². The number of hydrogen-bond donors (Lipinski definition) is 1. The Morgan fingerprint density at radius 2 is 1.91 bits per heavy atom. The van der Waals surface area contributed by atoms with E-state index in [2.05, 4.69) is 9.24 Å². The molecule has 1 aromatic carbocycles. The highest BCUT2D eigenvalue weighted by molar-refractivity contribution is 7.27. The Kier molecular flexibility index (Phi) is 1.61. The number of phenolic OH excluding ortho intramolecular Hbond substituents is 1. The molecule has 0 saturated heterocycles. The van der Waals surface area contributed by atoms with Crippen LogP contribution < -0.4 is 5.30 Å². The average molecular weight is 166 g/mol. The van der Waals surface area contributed by atoms with Crippen molar-refractivity contribution in [3.05, 3.63) is 23.3 Å². The predicted molar refractivity (Wildman–Crippen MR) is 49.5 cm³/mol. The van der Waals surface area contributed by atoms with Crippen LogP contribution in [0.25, 0.3) is 0 Å². The molecule has 0 aromatic heterocycles. The normalized spacial score (nSPS) is 15.0. The molecular formula is C9H11OP. The molecule has 2 heteroatoms. The molecule has 1 unspecified atom stereocenters. The van der Waals surface area contributed by atoms with Crippen molar-refractivity contribution in [3.8, 4) is 5.75 Å². The average Bonchev–Trinajstić information content (AvgIpc) is 2.45. The predicted octanol–water partition coefficient (Wildman–Crippen LogP) is 1.38. The fourth-order valence-electron chi connectivity index (χ4n) is 1.71. The summed E-state index contributed by atoms with van der Waals surface area (Å²) in [5, 5.41) is 10.7. The van der Waals surface area contributed by atoms with Crippen molar-refractivity contribution in [1.29, 1.82) is 0 Å².